The molecule has 0 unspecified atom stereocenters. The number of unbranched alkanes of at least 4 members (excludes halogenated alkanes) is 2. The minimum atomic E-state index is 1.07. The van der Waals surface area contributed by atoms with Gasteiger partial charge in [0.05, 0.1) is 0 Å². The number of rotatable bonds is 3. The maximum absolute atomic E-state index is 5.09. The Labute approximate surface area is 77.4 Å². The number of hydrogen-bond donors (Lipinski definition) is 0. The standard InChI is InChI=1S/C6H9.C6H11/c1-2-4-6-5-3-1;1-3-5-6-4-2/h1H,2,4-6H2;1,3H,4-6H2,2H3. The van der Waals surface area contributed by atoms with Crippen molar-refractivity contribution in [3.63, 3.8) is 0 Å². The van der Waals surface area contributed by atoms with Crippen molar-refractivity contribution in [2.24, 2.45) is 0 Å². The summed E-state index contributed by atoms with van der Waals surface area (Å²) in [5, 5.41) is 0. The summed E-state index contributed by atoms with van der Waals surface area (Å²) in [6.45, 7) is 7.25. The van der Waals surface area contributed by atoms with Gasteiger partial charge in [0.2, 0.25) is 0 Å². The van der Waals surface area contributed by atoms with E-state index in [1.54, 1.807) is 6.08 Å². The lowest BCUT2D eigenvalue weighted by molar-refractivity contribution is 0.718. The van der Waals surface area contributed by atoms with Gasteiger partial charge in [-0.3, -0.25) is 0 Å². The number of hydrogen-bond acceptors (Lipinski definition) is 0. The Morgan fingerprint density at radius 1 is 1.50 bits per heavy atom. The summed E-state index contributed by atoms with van der Waals surface area (Å²) in [5.74, 6) is 0. The third-order valence-corrected chi connectivity index (χ3v) is 1.79. The normalized spacial score (nSPS) is 14.8. The van der Waals surface area contributed by atoms with Crippen LogP contribution in [0.15, 0.2) is 12.2 Å². The molecule has 2 radical (unpaired) electrons. The first-order chi connectivity index (χ1) is 5.91. The molecule has 68 valence electrons. The van der Waals surface area contributed by atoms with Crippen molar-refractivity contribution < 1.29 is 0 Å². The second kappa shape index (κ2) is 10.5. The van der Waals surface area contributed by atoms with E-state index in [0.717, 1.165) is 6.42 Å². The fourth-order valence-corrected chi connectivity index (χ4v) is 1.000. The lowest BCUT2D eigenvalue weighted by Gasteiger charge is -1.96. The molecule has 0 heteroatoms. The minimum Gasteiger partial charge on any atom is -0.0845 e. The zero-order chi connectivity index (χ0) is 9.07. The van der Waals surface area contributed by atoms with Gasteiger partial charge in [-0.2, -0.15) is 0 Å². The van der Waals surface area contributed by atoms with E-state index in [2.05, 4.69) is 19.1 Å². The van der Waals surface area contributed by atoms with Crippen LogP contribution in [-0.2, 0) is 0 Å². The third-order valence-electron chi connectivity index (χ3n) is 1.79. The monoisotopic (exact) mass is 164 g/mol. The van der Waals surface area contributed by atoms with Gasteiger partial charge in [-0.1, -0.05) is 38.5 Å². The highest BCUT2D eigenvalue weighted by Crippen LogP contribution is 2.06. The van der Waals surface area contributed by atoms with Crippen LogP contribution in [0.2, 0.25) is 0 Å². The van der Waals surface area contributed by atoms with E-state index in [-0.39, 0.29) is 0 Å². The quantitative estimate of drug-likeness (QED) is 0.551. The Morgan fingerprint density at radius 2 is 2.33 bits per heavy atom. The first kappa shape index (κ1) is 11.5. The van der Waals surface area contributed by atoms with E-state index in [1.807, 2.05) is 0 Å². The molecule has 12 heavy (non-hydrogen) atoms. The van der Waals surface area contributed by atoms with Crippen molar-refractivity contribution in [3.8, 4) is 0 Å². The largest absolute Gasteiger partial charge is 0.0845 e. The van der Waals surface area contributed by atoms with E-state index in [9.17, 15) is 0 Å². The molecule has 0 bridgehead atoms. The van der Waals surface area contributed by atoms with E-state index < -0.39 is 0 Å². The van der Waals surface area contributed by atoms with Crippen LogP contribution in [0, 0.1) is 12.7 Å². The molecule has 0 atom stereocenters. The second-order valence-corrected chi connectivity index (χ2v) is 3.03. The molecule has 0 aromatic carbocycles. The van der Waals surface area contributed by atoms with Crippen LogP contribution in [-0.4, -0.2) is 0 Å². The molecule has 1 rings (SSSR count). The van der Waals surface area contributed by atoms with Crippen LogP contribution in [0.5, 0.6) is 0 Å². The Kier molecular flexibility index (Phi) is 10.0. The zero-order valence-electron chi connectivity index (χ0n) is 8.18. The van der Waals surface area contributed by atoms with Gasteiger partial charge >= 0.3 is 0 Å². The summed E-state index contributed by atoms with van der Waals surface area (Å²) in [6, 6.07) is 0. The summed E-state index contributed by atoms with van der Waals surface area (Å²) >= 11 is 0. The van der Waals surface area contributed by atoms with Gasteiger partial charge in [-0.05, 0) is 38.2 Å². The van der Waals surface area contributed by atoms with E-state index in [4.69, 9.17) is 6.58 Å². The molecule has 0 N–H and O–H groups in total. The average Bonchev–Trinajstić information content (AvgIpc) is 2.18. The summed E-state index contributed by atoms with van der Waals surface area (Å²) in [6.07, 6.45) is 15.8. The molecule has 0 nitrogen and oxygen atoms in total. The Bertz CT molecular complexity index is 103. The SMILES string of the molecule is [CH]=CCCCC.[C]1=CCCCC1. The lowest BCUT2D eigenvalue weighted by Crippen LogP contribution is -1.78. The highest BCUT2D eigenvalue weighted by atomic mass is 13.9. The molecular formula is C12H20. The third kappa shape index (κ3) is 9.48. The van der Waals surface area contributed by atoms with Crippen LogP contribution >= 0.6 is 0 Å². The van der Waals surface area contributed by atoms with E-state index in [0.29, 0.717) is 0 Å². The molecule has 0 aliphatic heterocycles. The van der Waals surface area contributed by atoms with Crippen molar-refractivity contribution in [1.29, 1.82) is 0 Å². The fourth-order valence-electron chi connectivity index (χ4n) is 1.000. The predicted molar refractivity (Wildman–Crippen MR) is 54.7 cm³/mol. The molecular weight excluding hydrogens is 144 g/mol. The van der Waals surface area contributed by atoms with E-state index in [1.165, 1.54) is 38.5 Å². The van der Waals surface area contributed by atoms with Gasteiger partial charge in [0.1, 0.15) is 0 Å². The topological polar surface area (TPSA) is 0 Å². The Hall–Kier alpha value is -0.520. The Morgan fingerprint density at radius 3 is 2.50 bits per heavy atom. The first-order valence-electron chi connectivity index (χ1n) is 5.00. The van der Waals surface area contributed by atoms with Crippen LogP contribution < -0.4 is 0 Å². The van der Waals surface area contributed by atoms with Crippen LogP contribution in [0.1, 0.15) is 51.9 Å². The van der Waals surface area contributed by atoms with Crippen LogP contribution in [0.3, 0.4) is 0 Å². The van der Waals surface area contributed by atoms with Gasteiger partial charge in [0.25, 0.3) is 0 Å². The van der Waals surface area contributed by atoms with Crippen LogP contribution in [0.25, 0.3) is 0 Å². The Balaban J connectivity index is 0.000000202. The van der Waals surface area contributed by atoms with Gasteiger partial charge < -0.3 is 0 Å². The van der Waals surface area contributed by atoms with Gasteiger partial charge in [0, 0.05) is 0 Å². The average molecular weight is 164 g/mol. The summed E-state index contributed by atoms with van der Waals surface area (Å²) < 4.78 is 0. The van der Waals surface area contributed by atoms with Crippen molar-refractivity contribution in [2.75, 3.05) is 0 Å². The molecule has 1 aliphatic rings. The maximum Gasteiger partial charge on any atom is -0.0279 e. The summed E-state index contributed by atoms with van der Waals surface area (Å²) in [7, 11) is 0. The van der Waals surface area contributed by atoms with E-state index >= 15 is 0 Å². The molecule has 0 amide bonds. The predicted octanol–water partition coefficient (Wildman–Crippen LogP) is 4.09. The molecule has 0 saturated heterocycles. The van der Waals surface area contributed by atoms with Crippen molar-refractivity contribution in [2.45, 2.75) is 51.9 Å². The minimum absolute atomic E-state index is 1.07. The maximum atomic E-state index is 5.09. The molecule has 0 spiro atoms. The molecule has 0 heterocycles. The molecule has 0 aromatic heterocycles. The van der Waals surface area contributed by atoms with Crippen LogP contribution in [0.4, 0.5) is 0 Å². The fraction of sp³-hybridized carbons (Fsp3) is 0.667. The molecule has 0 aromatic rings. The highest BCUT2D eigenvalue weighted by Gasteiger charge is 1.87. The lowest BCUT2D eigenvalue weighted by atomic mass is 10.1. The highest BCUT2D eigenvalue weighted by molar-refractivity contribution is 4.77. The molecule has 0 fully saturated rings. The summed E-state index contributed by atoms with van der Waals surface area (Å²) in [4.78, 5) is 0. The molecule has 0 saturated carbocycles. The van der Waals surface area contributed by atoms with Crippen molar-refractivity contribution >= 4 is 0 Å². The zero-order valence-corrected chi connectivity index (χ0v) is 8.18. The number of allylic oxidation sites excluding steroid dienone is 3. The van der Waals surface area contributed by atoms with Gasteiger partial charge in [0.15, 0.2) is 0 Å². The van der Waals surface area contributed by atoms with Gasteiger partial charge in [-0.25, -0.2) is 0 Å². The smallest absolute Gasteiger partial charge is 0.0279 e. The van der Waals surface area contributed by atoms with Crippen molar-refractivity contribution in [3.05, 3.63) is 24.8 Å². The van der Waals surface area contributed by atoms with Crippen molar-refractivity contribution in [1.82, 2.24) is 0 Å². The van der Waals surface area contributed by atoms with Gasteiger partial charge in [-0.15, -0.1) is 0 Å². The first-order valence-corrected chi connectivity index (χ1v) is 5.00. The summed E-state index contributed by atoms with van der Waals surface area (Å²) in [5.41, 5.74) is 0. The molecule has 1 aliphatic carbocycles. The second-order valence-electron chi connectivity index (χ2n) is 3.03.